The first-order valence-electron chi connectivity index (χ1n) is 12.8. The molecule has 0 saturated carbocycles. The molecule has 1 saturated heterocycles. The molecule has 3 heterocycles. The highest BCUT2D eigenvalue weighted by Gasteiger charge is 2.41. The molecule has 4 aromatic rings. The van der Waals surface area contributed by atoms with Crippen molar-refractivity contribution in [3.8, 4) is 11.4 Å². The third-order valence-electron chi connectivity index (χ3n) is 6.71. The van der Waals surface area contributed by atoms with Crippen molar-refractivity contribution < 1.29 is 27.1 Å². The van der Waals surface area contributed by atoms with Gasteiger partial charge in [-0.2, -0.15) is 18.3 Å². The highest BCUT2D eigenvalue weighted by atomic mass is 32.2. The topological polar surface area (TPSA) is 80.8 Å². The molecule has 2 aromatic carbocycles. The molecule has 0 bridgehead atoms. The summed E-state index contributed by atoms with van der Waals surface area (Å²) in [6.45, 7) is 1.77. The van der Waals surface area contributed by atoms with Crippen LogP contribution in [0.15, 0.2) is 87.2 Å². The Bertz CT molecular complexity index is 1550. The second kappa shape index (κ2) is 12.2. The van der Waals surface area contributed by atoms with E-state index in [0.29, 0.717) is 25.4 Å². The molecule has 12 heteroatoms. The molecule has 2 aromatic heterocycles. The van der Waals surface area contributed by atoms with Gasteiger partial charge in [-0.3, -0.25) is 14.5 Å². The summed E-state index contributed by atoms with van der Waals surface area (Å²) in [6, 6.07) is 17.1. The van der Waals surface area contributed by atoms with E-state index in [1.54, 1.807) is 30.0 Å². The molecule has 0 atom stereocenters. The number of hydrogen-bond acceptors (Lipinski definition) is 7. The van der Waals surface area contributed by atoms with E-state index in [1.807, 2.05) is 35.4 Å². The monoisotopic (exact) mass is 584 g/mol. The second-order valence-electron chi connectivity index (χ2n) is 9.43. The van der Waals surface area contributed by atoms with E-state index < -0.39 is 23.3 Å². The third kappa shape index (κ3) is 6.66. The van der Waals surface area contributed by atoms with Gasteiger partial charge in [0.2, 0.25) is 11.2 Å². The first kappa shape index (κ1) is 28.5. The first-order valence-corrected chi connectivity index (χ1v) is 14.0. The highest BCUT2D eigenvalue weighted by Crippen LogP contribution is 2.34. The smallest absolute Gasteiger partial charge is 0.434 e. The van der Waals surface area contributed by atoms with Crippen LogP contribution in [-0.2, 0) is 19.3 Å². The van der Waals surface area contributed by atoms with Crippen LogP contribution in [0.1, 0.15) is 27.4 Å². The number of alkyl halides is 3. The maximum absolute atomic E-state index is 14.0. The number of para-hydroxylation sites is 1. The number of thioether (sulfide) groups is 1. The average molecular weight is 585 g/mol. The molecule has 41 heavy (non-hydrogen) atoms. The fraction of sp³-hybridized carbons (Fsp3) is 0.276. The maximum Gasteiger partial charge on any atom is 0.434 e. The van der Waals surface area contributed by atoms with Crippen molar-refractivity contribution in [2.45, 2.75) is 24.2 Å². The van der Waals surface area contributed by atoms with Gasteiger partial charge >= 0.3 is 6.18 Å². The standard InChI is InChI=1S/C29H27F3N4O4S/c1-41-23-9-7-20(8-10-23)18-40-26-19-39-22(15-25(26)37)17-34-11-13-35(14-12-34)28(38)24-16-33-36(27(24)29(30,31)32)21-5-3-2-4-6-21/h2-10,15-16,19H,11-14,17-18H2,1H3. The number of carbonyl (C=O) groups excluding carboxylic acids is 1. The molecule has 0 unspecified atom stereocenters. The lowest BCUT2D eigenvalue weighted by molar-refractivity contribution is -0.143. The van der Waals surface area contributed by atoms with E-state index >= 15 is 0 Å². The predicted octanol–water partition coefficient (Wildman–Crippen LogP) is 5.10. The number of aromatic nitrogens is 2. The van der Waals surface area contributed by atoms with E-state index in [4.69, 9.17) is 9.15 Å². The lowest BCUT2D eigenvalue weighted by Crippen LogP contribution is -2.48. The number of carbonyl (C=O) groups is 1. The minimum Gasteiger partial charge on any atom is -0.482 e. The summed E-state index contributed by atoms with van der Waals surface area (Å²) in [5.41, 5.74) is -0.760. The number of amides is 1. The summed E-state index contributed by atoms with van der Waals surface area (Å²) in [5.74, 6) is -0.195. The van der Waals surface area contributed by atoms with Crippen LogP contribution in [0.2, 0.25) is 0 Å². The zero-order valence-electron chi connectivity index (χ0n) is 22.1. The van der Waals surface area contributed by atoms with Gasteiger partial charge < -0.3 is 14.1 Å². The minimum atomic E-state index is -4.77. The molecule has 214 valence electrons. The Morgan fingerprint density at radius 1 is 1.05 bits per heavy atom. The zero-order valence-corrected chi connectivity index (χ0v) is 23.0. The van der Waals surface area contributed by atoms with Gasteiger partial charge in [-0.05, 0) is 36.1 Å². The van der Waals surface area contributed by atoms with Gasteiger partial charge in [0.1, 0.15) is 18.6 Å². The Kier molecular flexibility index (Phi) is 8.50. The average Bonchev–Trinajstić information content (AvgIpc) is 3.44. The molecule has 8 nitrogen and oxygen atoms in total. The summed E-state index contributed by atoms with van der Waals surface area (Å²) < 4.78 is 54.0. The zero-order chi connectivity index (χ0) is 29.0. The summed E-state index contributed by atoms with van der Waals surface area (Å²) in [6.07, 6.45) is -0.516. The Morgan fingerprint density at radius 3 is 2.39 bits per heavy atom. The molecule has 1 aliphatic rings. The van der Waals surface area contributed by atoms with Gasteiger partial charge in [0.25, 0.3) is 5.91 Å². The predicted molar refractivity (Wildman–Crippen MR) is 147 cm³/mol. The number of halogens is 3. The molecule has 0 aliphatic carbocycles. The molecule has 0 radical (unpaired) electrons. The number of ether oxygens (including phenoxy) is 1. The molecule has 1 fully saturated rings. The van der Waals surface area contributed by atoms with Crippen molar-refractivity contribution in [2.24, 2.45) is 0 Å². The van der Waals surface area contributed by atoms with Gasteiger partial charge in [0, 0.05) is 37.1 Å². The Hall–Kier alpha value is -4.03. The fourth-order valence-electron chi connectivity index (χ4n) is 4.55. The summed E-state index contributed by atoms with van der Waals surface area (Å²) >= 11 is 1.64. The van der Waals surface area contributed by atoms with Crippen LogP contribution >= 0.6 is 11.8 Å². The second-order valence-corrected chi connectivity index (χ2v) is 10.3. The third-order valence-corrected chi connectivity index (χ3v) is 7.46. The van der Waals surface area contributed by atoms with E-state index in [0.717, 1.165) is 21.3 Å². The first-order chi connectivity index (χ1) is 19.7. The minimum absolute atomic E-state index is 0.106. The van der Waals surface area contributed by atoms with Crippen LogP contribution in [0.25, 0.3) is 5.69 Å². The molecule has 1 amide bonds. The van der Waals surface area contributed by atoms with Crippen molar-refractivity contribution in [2.75, 3.05) is 32.4 Å². The van der Waals surface area contributed by atoms with E-state index in [1.165, 1.54) is 29.4 Å². The van der Waals surface area contributed by atoms with Crippen LogP contribution in [0, 0.1) is 0 Å². The van der Waals surface area contributed by atoms with E-state index in [-0.39, 0.29) is 36.6 Å². The van der Waals surface area contributed by atoms with Crippen LogP contribution in [0.5, 0.6) is 5.75 Å². The number of rotatable bonds is 8. The summed E-state index contributed by atoms with van der Waals surface area (Å²) in [4.78, 5) is 30.2. The van der Waals surface area contributed by atoms with Gasteiger partial charge in [0.05, 0.1) is 24.0 Å². The van der Waals surface area contributed by atoms with Gasteiger partial charge in [-0.15, -0.1) is 11.8 Å². The number of piperazine rings is 1. The van der Waals surface area contributed by atoms with Crippen molar-refractivity contribution in [3.63, 3.8) is 0 Å². The Labute approximate surface area is 238 Å². The quantitative estimate of drug-likeness (QED) is 0.267. The number of nitrogens with zero attached hydrogens (tertiary/aromatic N) is 4. The summed E-state index contributed by atoms with van der Waals surface area (Å²) in [7, 11) is 0. The molecular formula is C29H27F3N4O4S. The van der Waals surface area contributed by atoms with Crippen LogP contribution in [-0.4, -0.2) is 57.9 Å². The van der Waals surface area contributed by atoms with Crippen LogP contribution < -0.4 is 10.2 Å². The van der Waals surface area contributed by atoms with E-state index in [9.17, 15) is 22.8 Å². The van der Waals surface area contributed by atoms with Crippen LogP contribution in [0.3, 0.4) is 0 Å². The van der Waals surface area contributed by atoms with Crippen LogP contribution in [0.4, 0.5) is 13.2 Å². The van der Waals surface area contributed by atoms with Gasteiger partial charge in [-0.1, -0.05) is 30.3 Å². The van der Waals surface area contributed by atoms with Gasteiger partial charge in [0.15, 0.2) is 5.69 Å². The van der Waals surface area contributed by atoms with Crippen molar-refractivity contribution in [1.82, 2.24) is 19.6 Å². The molecule has 0 N–H and O–H groups in total. The van der Waals surface area contributed by atoms with Crippen molar-refractivity contribution >= 4 is 17.7 Å². The normalized spacial score (nSPS) is 14.3. The van der Waals surface area contributed by atoms with Crippen molar-refractivity contribution in [1.29, 1.82) is 0 Å². The van der Waals surface area contributed by atoms with E-state index in [2.05, 4.69) is 5.10 Å². The lowest BCUT2D eigenvalue weighted by atomic mass is 10.1. The molecule has 5 rings (SSSR count). The maximum atomic E-state index is 14.0. The van der Waals surface area contributed by atoms with Gasteiger partial charge in [-0.25, -0.2) is 4.68 Å². The molecule has 0 spiro atoms. The molecular weight excluding hydrogens is 557 g/mol. The number of benzene rings is 2. The largest absolute Gasteiger partial charge is 0.482 e. The molecule has 1 aliphatic heterocycles. The fourth-order valence-corrected chi connectivity index (χ4v) is 4.96. The highest BCUT2D eigenvalue weighted by molar-refractivity contribution is 7.98. The lowest BCUT2D eigenvalue weighted by Gasteiger charge is -2.34. The Morgan fingerprint density at radius 2 is 1.76 bits per heavy atom. The SMILES string of the molecule is CSc1ccc(COc2coc(CN3CCN(C(=O)c4cnn(-c5ccccc5)c4C(F)(F)F)CC3)cc2=O)cc1. The van der Waals surface area contributed by atoms with Crippen molar-refractivity contribution in [3.05, 3.63) is 106 Å². The summed E-state index contributed by atoms with van der Waals surface area (Å²) in [5, 5.41) is 3.88. The Balaban J connectivity index is 1.19. The number of hydrogen-bond donors (Lipinski definition) is 0.